The van der Waals surface area contributed by atoms with Crippen LogP contribution in [0.5, 0.6) is 0 Å². The maximum atomic E-state index is 12.4. The molecule has 1 aromatic rings. The summed E-state index contributed by atoms with van der Waals surface area (Å²) in [6.45, 7) is 1.62. The predicted molar refractivity (Wildman–Crippen MR) is 98.7 cm³/mol. The zero-order valence-corrected chi connectivity index (χ0v) is 16.3. The van der Waals surface area contributed by atoms with Crippen LogP contribution in [0, 0.1) is 5.92 Å². The van der Waals surface area contributed by atoms with E-state index < -0.39 is 36.3 Å². The first kappa shape index (κ1) is 20.5. The van der Waals surface area contributed by atoms with Crippen LogP contribution in [0.1, 0.15) is 40.5 Å². The Kier molecular flexibility index (Phi) is 5.95. The summed E-state index contributed by atoms with van der Waals surface area (Å²) in [4.78, 5) is 63.4. The van der Waals surface area contributed by atoms with E-state index in [0.29, 0.717) is 25.9 Å². The molecular formula is C20H22N2O7. The number of ether oxygens (including phenoxy) is 2. The van der Waals surface area contributed by atoms with Gasteiger partial charge in [-0.25, -0.2) is 4.79 Å². The molecule has 1 fully saturated rings. The zero-order chi connectivity index (χ0) is 21.1. The average molecular weight is 402 g/mol. The van der Waals surface area contributed by atoms with Crippen LogP contribution >= 0.6 is 0 Å². The van der Waals surface area contributed by atoms with Gasteiger partial charge in [0, 0.05) is 13.1 Å². The zero-order valence-electron chi connectivity index (χ0n) is 16.3. The van der Waals surface area contributed by atoms with Gasteiger partial charge in [-0.3, -0.25) is 24.1 Å². The Balaban J connectivity index is 1.52. The predicted octanol–water partition coefficient (Wildman–Crippen LogP) is 0.626. The van der Waals surface area contributed by atoms with E-state index in [9.17, 15) is 24.0 Å². The second-order valence-corrected chi connectivity index (χ2v) is 6.99. The number of fused-ring (bicyclic) bond motifs is 1. The third kappa shape index (κ3) is 3.98. The summed E-state index contributed by atoms with van der Waals surface area (Å²) in [7, 11) is 1.33. The Morgan fingerprint density at radius 2 is 1.62 bits per heavy atom. The van der Waals surface area contributed by atoms with E-state index >= 15 is 0 Å². The molecule has 29 heavy (non-hydrogen) atoms. The molecule has 9 nitrogen and oxygen atoms in total. The molecule has 3 amide bonds. The van der Waals surface area contributed by atoms with Crippen molar-refractivity contribution in [2.24, 2.45) is 5.92 Å². The van der Waals surface area contributed by atoms with Crippen molar-refractivity contribution in [3.05, 3.63) is 35.4 Å². The first-order valence-corrected chi connectivity index (χ1v) is 9.34. The number of piperidine rings is 1. The molecule has 0 aliphatic carbocycles. The summed E-state index contributed by atoms with van der Waals surface area (Å²) in [5.74, 6) is -2.88. The molecule has 9 heteroatoms. The molecule has 0 bridgehead atoms. The number of carbonyl (C=O) groups excluding carboxylic acids is 5. The molecule has 2 heterocycles. The second-order valence-electron chi connectivity index (χ2n) is 6.99. The van der Waals surface area contributed by atoms with Gasteiger partial charge in [0.15, 0.2) is 6.61 Å². The molecule has 154 valence electrons. The summed E-state index contributed by atoms with van der Waals surface area (Å²) >= 11 is 0. The SMILES string of the molecule is COC(=O)C1CCN(C(=O)COC(=O)[C@H](C)N2C(=O)c3ccccc3C2=O)CC1. The Labute approximate surface area is 167 Å². The number of hydrogen-bond acceptors (Lipinski definition) is 7. The van der Waals surface area contributed by atoms with Crippen molar-refractivity contribution in [2.45, 2.75) is 25.8 Å². The fourth-order valence-corrected chi connectivity index (χ4v) is 3.54. The first-order chi connectivity index (χ1) is 13.8. The van der Waals surface area contributed by atoms with Crippen LogP contribution in [0.4, 0.5) is 0 Å². The number of nitrogens with zero attached hydrogens (tertiary/aromatic N) is 2. The largest absolute Gasteiger partial charge is 0.469 e. The van der Waals surface area contributed by atoms with E-state index in [1.807, 2.05) is 0 Å². The molecule has 0 saturated carbocycles. The molecule has 1 atom stereocenters. The van der Waals surface area contributed by atoms with Gasteiger partial charge in [-0.2, -0.15) is 0 Å². The Bertz CT molecular complexity index is 823. The third-order valence-electron chi connectivity index (χ3n) is 5.27. The van der Waals surface area contributed by atoms with Gasteiger partial charge in [-0.05, 0) is 31.9 Å². The summed E-state index contributed by atoms with van der Waals surface area (Å²) in [6.07, 6.45) is 0.968. The van der Waals surface area contributed by atoms with E-state index in [1.165, 1.54) is 31.1 Å². The van der Waals surface area contributed by atoms with Crippen LogP contribution < -0.4 is 0 Å². The highest BCUT2D eigenvalue weighted by atomic mass is 16.5. The monoisotopic (exact) mass is 402 g/mol. The molecule has 2 aliphatic heterocycles. The van der Waals surface area contributed by atoms with Crippen molar-refractivity contribution in [1.29, 1.82) is 0 Å². The van der Waals surface area contributed by atoms with E-state index in [4.69, 9.17) is 9.47 Å². The normalized spacial score (nSPS) is 17.7. The maximum absolute atomic E-state index is 12.4. The van der Waals surface area contributed by atoms with Crippen molar-refractivity contribution >= 4 is 29.7 Å². The minimum Gasteiger partial charge on any atom is -0.469 e. The number of carbonyl (C=O) groups is 5. The van der Waals surface area contributed by atoms with Gasteiger partial charge in [0.1, 0.15) is 6.04 Å². The molecule has 3 rings (SSSR count). The van der Waals surface area contributed by atoms with Crippen LogP contribution in [0.25, 0.3) is 0 Å². The molecular weight excluding hydrogens is 380 g/mol. The van der Waals surface area contributed by atoms with Crippen LogP contribution in [-0.4, -0.2) is 72.3 Å². The van der Waals surface area contributed by atoms with Crippen molar-refractivity contribution in [1.82, 2.24) is 9.80 Å². The van der Waals surface area contributed by atoms with E-state index in [1.54, 1.807) is 12.1 Å². The molecule has 1 saturated heterocycles. The Morgan fingerprint density at radius 3 is 2.14 bits per heavy atom. The van der Waals surface area contributed by atoms with Crippen molar-refractivity contribution in [2.75, 3.05) is 26.8 Å². The lowest BCUT2D eigenvalue weighted by Crippen LogP contribution is -2.46. The standard InChI is InChI=1S/C20H22N2O7/c1-12(22-17(24)14-5-3-4-6-15(14)18(22)25)19(26)29-11-16(23)21-9-7-13(8-10-21)20(27)28-2/h3-6,12-13H,7-11H2,1-2H3/t12-/m0/s1. The smallest absolute Gasteiger partial charge is 0.329 e. The lowest BCUT2D eigenvalue weighted by atomic mass is 9.97. The fraction of sp³-hybridized carbons (Fsp3) is 0.450. The lowest BCUT2D eigenvalue weighted by Gasteiger charge is -2.30. The molecule has 1 aromatic carbocycles. The first-order valence-electron chi connectivity index (χ1n) is 9.34. The lowest BCUT2D eigenvalue weighted by molar-refractivity contribution is -0.156. The van der Waals surface area contributed by atoms with Crippen LogP contribution in [0.15, 0.2) is 24.3 Å². The summed E-state index contributed by atoms with van der Waals surface area (Å²) < 4.78 is 9.76. The fourth-order valence-electron chi connectivity index (χ4n) is 3.54. The number of esters is 2. The number of hydrogen-bond donors (Lipinski definition) is 0. The topological polar surface area (TPSA) is 110 Å². The maximum Gasteiger partial charge on any atom is 0.329 e. The van der Waals surface area contributed by atoms with Crippen molar-refractivity contribution < 1.29 is 33.4 Å². The van der Waals surface area contributed by atoms with E-state index in [0.717, 1.165) is 4.90 Å². The Morgan fingerprint density at radius 1 is 1.07 bits per heavy atom. The number of methoxy groups -OCH3 is 1. The van der Waals surface area contributed by atoms with Crippen LogP contribution in [-0.2, 0) is 23.9 Å². The molecule has 0 unspecified atom stereocenters. The minimum absolute atomic E-state index is 0.236. The van der Waals surface area contributed by atoms with Gasteiger partial charge in [-0.15, -0.1) is 0 Å². The molecule has 0 radical (unpaired) electrons. The van der Waals surface area contributed by atoms with E-state index in [2.05, 4.69) is 0 Å². The highest BCUT2D eigenvalue weighted by Gasteiger charge is 2.41. The molecule has 2 aliphatic rings. The molecule has 0 aromatic heterocycles. The minimum atomic E-state index is -1.15. The number of imide groups is 1. The summed E-state index contributed by atoms with van der Waals surface area (Å²) in [5.41, 5.74) is 0.475. The number of benzene rings is 1. The van der Waals surface area contributed by atoms with Gasteiger partial charge in [0.2, 0.25) is 0 Å². The average Bonchev–Trinajstić information content (AvgIpc) is 3.01. The Hall–Kier alpha value is -3.23. The van der Waals surface area contributed by atoms with Gasteiger partial charge < -0.3 is 14.4 Å². The van der Waals surface area contributed by atoms with Crippen molar-refractivity contribution in [3.63, 3.8) is 0 Å². The molecule has 0 spiro atoms. The number of likely N-dealkylation sites (tertiary alicyclic amines) is 1. The second kappa shape index (κ2) is 8.42. The highest BCUT2D eigenvalue weighted by Crippen LogP contribution is 2.25. The number of amides is 3. The van der Waals surface area contributed by atoms with Gasteiger partial charge in [-0.1, -0.05) is 12.1 Å². The molecule has 0 N–H and O–H groups in total. The summed E-state index contributed by atoms with van der Waals surface area (Å²) in [6, 6.07) is 5.17. The quantitative estimate of drug-likeness (QED) is 0.525. The summed E-state index contributed by atoms with van der Waals surface area (Å²) in [5, 5.41) is 0. The third-order valence-corrected chi connectivity index (χ3v) is 5.27. The van der Waals surface area contributed by atoms with Crippen molar-refractivity contribution in [3.8, 4) is 0 Å². The van der Waals surface area contributed by atoms with Gasteiger partial charge in [0.05, 0.1) is 24.2 Å². The van der Waals surface area contributed by atoms with Crippen LogP contribution in [0.3, 0.4) is 0 Å². The van der Waals surface area contributed by atoms with Gasteiger partial charge >= 0.3 is 11.9 Å². The van der Waals surface area contributed by atoms with Gasteiger partial charge in [0.25, 0.3) is 17.7 Å². The van der Waals surface area contributed by atoms with E-state index in [-0.39, 0.29) is 23.0 Å². The number of rotatable bonds is 5. The highest BCUT2D eigenvalue weighted by molar-refractivity contribution is 6.22. The van der Waals surface area contributed by atoms with Crippen LogP contribution in [0.2, 0.25) is 0 Å².